The number of amides is 2. The maximum Gasteiger partial charge on any atom is 0.353 e. The summed E-state index contributed by atoms with van der Waals surface area (Å²) >= 11 is 1.57. The highest BCUT2D eigenvalue weighted by Gasteiger charge is 2.32. The van der Waals surface area contributed by atoms with Gasteiger partial charge in [-0.2, -0.15) is 0 Å². The predicted molar refractivity (Wildman–Crippen MR) is 79.5 cm³/mol. The van der Waals surface area contributed by atoms with Crippen LogP contribution in [0.15, 0.2) is 10.6 Å². The van der Waals surface area contributed by atoms with Gasteiger partial charge in [-0.25, -0.2) is 4.79 Å². The van der Waals surface area contributed by atoms with Gasteiger partial charge in [-0.15, -0.1) is 11.8 Å². The normalized spacial score (nSPS) is 20.1. The van der Waals surface area contributed by atoms with E-state index < -0.39 is 5.97 Å². The smallest absolute Gasteiger partial charge is 0.353 e. The van der Waals surface area contributed by atoms with Crippen LogP contribution in [0.2, 0.25) is 0 Å². The molecule has 0 atom stereocenters. The quantitative estimate of drug-likeness (QED) is 0.849. The predicted octanol–water partition coefficient (Wildman–Crippen LogP) is 1.28. The highest BCUT2D eigenvalue weighted by Crippen LogP contribution is 2.38. The number of thioether (sulfide) groups is 1. The minimum Gasteiger partial charge on any atom is -0.477 e. The van der Waals surface area contributed by atoms with E-state index in [1.807, 2.05) is 4.90 Å². The zero-order valence-electron chi connectivity index (χ0n) is 12.3. The molecule has 0 radical (unpaired) electrons. The Morgan fingerprint density at radius 1 is 1.10 bits per heavy atom. The van der Waals surface area contributed by atoms with Gasteiger partial charge >= 0.3 is 5.97 Å². The van der Waals surface area contributed by atoms with Crippen molar-refractivity contribution in [1.82, 2.24) is 9.80 Å². The summed E-state index contributed by atoms with van der Waals surface area (Å²) in [6.07, 6.45) is 2.33. The zero-order chi connectivity index (χ0) is 15.6. The fourth-order valence-electron chi connectivity index (χ4n) is 2.75. The van der Waals surface area contributed by atoms with Crippen LogP contribution in [-0.2, 0) is 14.4 Å². The number of hydrogen-bond acceptors (Lipinski definition) is 4. The van der Waals surface area contributed by atoms with Crippen LogP contribution in [0.25, 0.3) is 0 Å². The molecule has 2 heterocycles. The van der Waals surface area contributed by atoms with Crippen molar-refractivity contribution >= 4 is 29.5 Å². The van der Waals surface area contributed by atoms with Crippen LogP contribution in [0.4, 0.5) is 0 Å². The third kappa shape index (κ3) is 3.58. The van der Waals surface area contributed by atoms with E-state index in [2.05, 4.69) is 0 Å². The molecule has 2 aliphatic rings. The van der Waals surface area contributed by atoms with Crippen LogP contribution in [0.5, 0.6) is 0 Å². The van der Waals surface area contributed by atoms with Crippen LogP contribution in [-0.4, -0.2) is 57.6 Å². The Kier molecular flexibility index (Phi) is 4.92. The molecule has 0 aromatic heterocycles. The minimum atomic E-state index is -1.04. The second kappa shape index (κ2) is 6.51. The molecule has 0 bridgehead atoms. The number of rotatable bonds is 3. The topological polar surface area (TPSA) is 77.9 Å². The lowest BCUT2D eigenvalue weighted by molar-refractivity contribution is -0.138. The van der Waals surface area contributed by atoms with Crippen LogP contribution < -0.4 is 0 Å². The molecule has 1 fully saturated rings. The fraction of sp³-hybridized carbons (Fsp3) is 0.643. The van der Waals surface area contributed by atoms with Gasteiger partial charge in [0.2, 0.25) is 11.8 Å². The molecule has 1 saturated heterocycles. The average molecular weight is 312 g/mol. The summed E-state index contributed by atoms with van der Waals surface area (Å²) in [5.74, 6) is -1.17. The Bertz CT molecular complexity index is 495. The first-order valence-corrected chi connectivity index (χ1v) is 7.95. The van der Waals surface area contributed by atoms with Crippen molar-refractivity contribution in [3.8, 4) is 0 Å². The Labute approximate surface area is 128 Å². The molecular weight excluding hydrogens is 292 g/mol. The molecular formula is C14H20N2O4S. The summed E-state index contributed by atoms with van der Waals surface area (Å²) in [6, 6.07) is 0. The number of nitrogens with zero attached hydrogens (tertiary/aromatic N) is 2. The summed E-state index contributed by atoms with van der Waals surface area (Å²) in [4.78, 5) is 38.1. The van der Waals surface area contributed by atoms with E-state index in [1.54, 1.807) is 18.7 Å². The Hall–Kier alpha value is -1.50. The Morgan fingerprint density at radius 2 is 1.71 bits per heavy atom. The molecule has 6 nitrogen and oxygen atoms in total. The van der Waals surface area contributed by atoms with Crippen molar-refractivity contribution in [3.63, 3.8) is 0 Å². The van der Waals surface area contributed by atoms with Crippen molar-refractivity contribution in [3.05, 3.63) is 10.6 Å². The molecule has 0 saturated carbocycles. The highest BCUT2D eigenvalue weighted by molar-refractivity contribution is 8.03. The summed E-state index contributed by atoms with van der Waals surface area (Å²) in [5, 5.41) is 9.65. The lowest BCUT2D eigenvalue weighted by Gasteiger charge is -2.31. The maximum atomic E-state index is 11.5. The monoisotopic (exact) mass is 312 g/mol. The first-order chi connectivity index (χ1) is 9.90. The Morgan fingerprint density at radius 3 is 2.19 bits per heavy atom. The molecule has 7 heteroatoms. The summed E-state index contributed by atoms with van der Waals surface area (Å²) in [7, 11) is 0. The molecule has 2 aliphatic heterocycles. The number of carbonyl (C=O) groups is 3. The number of carboxylic acids is 1. The first-order valence-electron chi connectivity index (χ1n) is 7.07. The van der Waals surface area contributed by atoms with Crippen LogP contribution in [0.3, 0.4) is 0 Å². The standard InChI is InChI=1S/C14H20N2O4S/c1-9(17)15-6-3-11(4-7-15)21-12-5-8-16(10(2)18)13(12)14(19)20/h11H,3-8H2,1-2H3,(H,19,20). The van der Waals surface area contributed by atoms with Gasteiger partial charge in [0.1, 0.15) is 5.70 Å². The number of piperidine rings is 1. The molecule has 2 amide bonds. The number of likely N-dealkylation sites (tertiary alicyclic amines) is 1. The summed E-state index contributed by atoms with van der Waals surface area (Å²) < 4.78 is 0. The van der Waals surface area contributed by atoms with Gasteiger partial charge in [-0.1, -0.05) is 0 Å². The maximum absolute atomic E-state index is 11.5. The summed E-state index contributed by atoms with van der Waals surface area (Å²) in [5.41, 5.74) is 0.140. The van der Waals surface area contributed by atoms with E-state index >= 15 is 0 Å². The van der Waals surface area contributed by atoms with Crippen LogP contribution in [0, 0.1) is 0 Å². The second-order valence-electron chi connectivity index (χ2n) is 5.32. The third-order valence-electron chi connectivity index (χ3n) is 3.88. The van der Waals surface area contributed by atoms with E-state index in [0.29, 0.717) is 18.2 Å². The number of hydrogen-bond donors (Lipinski definition) is 1. The number of carbonyl (C=O) groups excluding carboxylic acids is 2. The largest absolute Gasteiger partial charge is 0.477 e. The van der Waals surface area contributed by atoms with E-state index in [-0.39, 0.29) is 17.5 Å². The first kappa shape index (κ1) is 15.9. The van der Waals surface area contributed by atoms with E-state index in [9.17, 15) is 19.5 Å². The highest BCUT2D eigenvalue weighted by atomic mass is 32.2. The van der Waals surface area contributed by atoms with Gasteiger partial charge in [0.05, 0.1) is 0 Å². The van der Waals surface area contributed by atoms with Crippen molar-refractivity contribution in [2.45, 2.75) is 38.4 Å². The van der Waals surface area contributed by atoms with Gasteiger partial charge in [0, 0.05) is 43.6 Å². The van der Waals surface area contributed by atoms with Crippen LogP contribution >= 0.6 is 11.8 Å². The van der Waals surface area contributed by atoms with Gasteiger partial charge < -0.3 is 14.9 Å². The number of carboxylic acid groups (broad SMARTS) is 1. The van der Waals surface area contributed by atoms with E-state index in [4.69, 9.17) is 0 Å². The van der Waals surface area contributed by atoms with Crippen molar-refractivity contribution in [1.29, 1.82) is 0 Å². The molecule has 116 valence electrons. The third-order valence-corrected chi connectivity index (χ3v) is 5.36. The molecule has 0 aromatic carbocycles. The fourth-order valence-corrected chi connectivity index (χ4v) is 4.12. The molecule has 0 aliphatic carbocycles. The van der Waals surface area contributed by atoms with E-state index in [1.165, 1.54) is 11.8 Å². The lowest BCUT2D eigenvalue weighted by Crippen LogP contribution is -2.37. The van der Waals surface area contributed by atoms with Crippen LogP contribution in [0.1, 0.15) is 33.1 Å². The molecule has 0 unspecified atom stereocenters. The molecule has 21 heavy (non-hydrogen) atoms. The van der Waals surface area contributed by atoms with Crippen molar-refractivity contribution in [2.75, 3.05) is 19.6 Å². The lowest BCUT2D eigenvalue weighted by atomic mass is 10.1. The molecule has 1 N–H and O–H groups in total. The molecule has 0 aromatic rings. The Balaban J connectivity index is 2.03. The van der Waals surface area contributed by atoms with Gasteiger partial charge in [-0.3, -0.25) is 9.59 Å². The summed E-state index contributed by atoms with van der Waals surface area (Å²) in [6.45, 7) is 4.85. The SMILES string of the molecule is CC(=O)N1CCC(SC2=C(C(=O)O)N(C(C)=O)CC2)CC1. The van der Waals surface area contributed by atoms with Gasteiger partial charge in [-0.05, 0) is 19.3 Å². The van der Waals surface area contributed by atoms with Crippen molar-refractivity contribution < 1.29 is 19.5 Å². The molecule has 2 rings (SSSR count). The molecule has 0 spiro atoms. The zero-order valence-corrected chi connectivity index (χ0v) is 13.1. The minimum absolute atomic E-state index is 0.0903. The van der Waals surface area contributed by atoms with Crippen molar-refractivity contribution in [2.24, 2.45) is 0 Å². The van der Waals surface area contributed by atoms with E-state index in [0.717, 1.165) is 30.8 Å². The van der Waals surface area contributed by atoms with Gasteiger partial charge in [0.15, 0.2) is 0 Å². The second-order valence-corrected chi connectivity index (χ2v) is 6.72. The number of aliphatic carboxylic acids is 1. The van der Waals surface area contributed by atoms with Gasteiger partial charge in [0.25, 0.3) is 0 Å². The average Bonchev–Trinajstić information content (AvgIpc) is 2.83.